The van der Waals surface area contributed by atoms with E-state index in [0.29, 0.717) is 5.56 Å². The van der Waals surface area contributed by atoms with Crippen molar-refractivity contribution in [3.05, 3.63) is 59.6 Å². The van der Waals surface area contributed by atoms with Crippen molar-refractivity contribution >= 4 is 11.9 Å². The molecular weight excluding hydrogens is 296 g/mol. The zero-order valence-corrected chi connectivity index (χ0v) is 11.5. The molecule has 0 spiro atoms. The number of furan rings is 1. The summed E-state index contributed by atoms with van der Waals surface area (Å²) in [5.74, 6) is -3.51. The first kappa shape index (κ1) is 15.7. The van der Waals surface area contributed by atoms with Gasteiger partial charge in [-0.2, -0.15) is 0 Å². The van der Waals surface area contributed by atoms with Crippen molar-refractivity contribution < 1.29 is 27.9 Å². The number of carbonyl (C=O) groups excluding carboxylic acids is 1. The lowest BCUT2D eigenvalue weighted by Crippen LogP contribution is -2.32. The normalized spacial score (nSPS) is 10.5. The highest BCUT2D eigenvalue weighted by Crippen LogP contribution is 2.14. The summed E-state index contributed by atoms with van der Waals surface area (Å²) in [6.07, 6.45) is 2.30. The van der Waals surface area contributed by atoms with E-state index in [1.807, 2.05) is 0 Å². The predicted octanol–water partition coefficient (Wildman–Crippen LogP) is 2.67. The molecule has 2 aromatic rings. The molecule has 0 unspecified atom stereocenters. The largest absolute Gasteiger partial charge is 0.481 e. The molecule has 0 saturated carbocycles. The molecule has 0 saturated heterocycles. The Kier molecular flexibility index (Phi) is 4.88. The van der Waals surface area contributed by atoms with Crippen LogP contribution in [-0.2, 0) is 11.3 Å². The Hall–Kier alpha value is -2.70. The minimum atomic E-state index is -1.06. The number of carbonyl (C=O) groups is 2. The molecule has 1 aromatic heterocycles. The monoisotopic (exact) mass is 309 g/mol. The first-order valence-corrected chi connectivity index (χ1v) is 6.44. The van der Waals surface area contributed by atoms with Crippen LogP contribution in [0.1, 0.15) is 22.3 Å². The topological polar surface area (TPSA) is 70.8 Å². The Morgan fingerprint density at radius 1 is 1.18 bits per heavy atom. The van der Waals surface area contributed by atoms with Gasteiger partial charge in [-0.25, -0.2) is 8.78 Å². The van der Waals surface area contributed by atoms with Crippen LogP contribution >= 0.6 is 0 Å². The summed E-state index contributed by atoms with van der Waals surface area (Å²) in [4.78, 5) is 24.2. The molecule has 1 aromatic carbocycles. The molecule has 5 nitrogen and oxygen atoms in total. The summed E-state index contributed by atoms with van der Waals surface area (Å²) in [5, 5.41) is 8.76. The van der Waals surface area contributed by atoms with E-state index < -0.39 is 23.5 Å². The molecule has 0 atom stereocenters. The third-order valence-electron chi connectivity index (χ3n) is 3.01. The van der Waals surface area contributed by atoms with Crippen molar-refractivity contribution in [3.8, 4) is 0 Å². The van der Waals surface area contributed by atoms with Crippen LogP contribution in [0.5, 0.6) is 0 Å². The lowest BCUT2D eigenvalue weighted by atomic mass is 10.1. The number of rotatable bonds is 6. The van der Waals surface area contributed by atoms with E-state index in [1.165, 1.54) is 29.6 Å². The fraction of sp³-hybridized carbons (Fsp3) is 0.200. The van der Waals surface area contributed by atoms with Gasteiger partial charge in [0.15, 0.2) is 11.6 Å². The van der Waals surface area contributed by atoms with E-state index >= 15 is 0 Å². The molecule has 1 amide bonds. The Labute approximate surface area is 124 Å². The molecule has 0 aliphatic rings. The van der Waals surface area contributed by atoms with Crippen molar-refractivity contribution in [2.75, 3.05) is 6.54 Å². The van der Waals surface area contributed by atoms with Gasteiger partial charge in [-0.15, -0.1) is 0 Å². The highest BCUT2D eigenvalue weighted by atomic mass is 19.2. The average molecular weight is 309 g/mol. The molecule has 0 aliphatic heterocycles. The Balaban J connectivity index is 2.18. The fourth-order valence-electron chi connectivity index (χ4n) is 1.91. The summed E-state index contributed by atoms with van der Waals surface area (Å²) in [6, 6.07) is 4.73. The molecule has 0 bridgehead atoms. The summed E-state index contributed by atoms with van der Waals surface area (Å²) in [6.45, 7) is -0.0904. The number of amides is 1. The number of carboxylic acid groups (broad SMARTS) is 1. The van der Waals surface area contributed by atoms with Crippen LogP contribution in [-0.4, -0.2) is 28.4 Å². The summed E-state index contributed by atoms with van der Waals surface area (Å²) in [5.41, 5.74) is 0.620. The second-order valence-corrected chi connectivity index (χ2v) is 4.63. The van der Waals surface area contributed by atoms with Crippen LogP contribution < -0.4 is 0 Å². The van der Waals surface area contributed by atoms with Crippen molar-refractivity contribution in [1.29, 1.82) is 0 Å². The molecule has 1 heterocycles. The van der Waals surface area contributed by atoms with Gasteiger partial charge in [-0.05, 0) is 23.8 Å². The Morgan fingerprint density at radius 3 is 2.55 bits per heavy atom. The maximum atomic E-state index is 13.2. The SMILES string of the molecule is O=C(O)CCN(Cc1ccc(F)c(F)c1)C(=O)c1ccoc1. The molecule has 22 heavy (non-hydrogen) atoms. The minimum Gasteiger partial charge on any atom is -0.481 e. The van der Waals surface area contributed by atoms with Crippen LogP contribution in [0, 0.1) is 11.6 Å². The van der Waals surface area contributed by atoms with Gasteiger partial charge in [-0.3, -0.25) is 9.59 Å². The number of hydrogen-bond donors (Lipinski definition) is 1. The lowest BCUT2D eigenvalue weighted by Gasteiger charge is -2.21. The van der Waals surface area contributed by atoms with Crippen LogP contribution in [0.2, 0.25) is 0 Å². The summed E-state index contributed by atoms with van der Waals surface area (Å²) < 4.78 is 31.0. The molecule has 0 aliphatic carbocycles. The Bertz CT molecular complexity index is 670. The van der Waals surface area contributed by atoms with Gasteiger partial charge in [0.05, 0.1) is 18.2 Å². The standard InChI is InChI=1S/C15H13F2NO4/c16-12-2-1-10(7-13(12)17)8-18(5-3-14(19)20)15(21)11-4-6-22-9-11/h1-2,4,6-7,9H,3,5,8H2,(H,19,20). The zero-order valence-electron chi connectivity index (χ0n) is 11.5. The van der Waals surface area contributed by atoms with Crippen molar-refractivity contribution in [2.45, 2.75) is 13.0 Å². The summed E-state index contributed by atoms with van der Waals surface area (Å²) >= 11 is 0. The van der Waals surface area contributed by atoms with Gasteiger partial charge in [-0.1, -0.05) is 6.07 Å². The lowest BCUT2D eigenvalue weighted by molar-refractivity contribution is -0.137. The highest BCUT2D eigenvalue weighted by Gasteiger charge is 2.18. The van der Waals surface area contributed by atoms with Crippen molar-refractivity contribution in [1.82, 2.24) is 4.90 Å². The molecule has 7 heteroatoms. The van der Waals surface area contributed by atoms with Gasteiger partial charge in [0.1, 0.15) is 6.26 Å². The molecule has 116 valence electrons. The van der Waals surface area contributed by atoms with Crippen LogP contribution in [0.3, 0.4) is 0 Å². The maximum absolute atomic E-state index is 13.2. The quantitative estimate of drug-likeness (QED) is 0.890. The first-order valence-electron chi connectivity index (χ1n) is 6.44. The third kappa shape index (κ3) is 3.91. The predicted molar refractivity (Wildman–Crippen MR) is 72.1 cm³/mol. The smallest absolute Gasteiger partial charge is 0.305 e. The van der Waals surface area contributed by atoms with Crippen molar-refractivity contribution in [3.63, 3.8) is 0 Å². The van der Waals surface area contributed by atoms with Crippen LogP contribution in [0.15, 0.2) is 41.2 Å². The molecule has 0 fully saturated rings. The highest BCUT2D eigenvalue weighted by molar-refractivity contribution is 5.94. The van der Waals surface area contributed by atoms with Crippen LogP contribution in [0.4, 0.5) is 8.78 Å². The molecular formula is C15H13F2NO4. The maximum Gasteiger partial charge on any atom is 0.305 e. The number of benzene rings is 1. The average Bonchev–Trinajstić information content (AvgIpc) is 3.00. The molecule has 1 N–H and O–H groups in total. The second kappa shape index (κ2) is 6.84. The molecule has 2 rings (SSSR count). The fourth-order valence-corrected chi connectivity index (χ4v) is 1.91. The van der Waals surface area contributed by atoms with Crippen LogP contribution in [0.25, 0.3) is 0 Å². The van der Waals surface area contributed by atoms with E-state index in [0.717, 1.165) is 12.1 Å². The van der Waals surface area contributed by atoms with E-state index in [9.17, 15) is 18.4 Å². The number of carboxylic acids is 1. The van der Waals surface area contributed by atoms with Gasteiger partial charge in [0, 0.05) is 13.1 Å². The van der Waals surface area contributed by atoms with Gasteiger partial charge in [0.2, 0.25) is 0 Å². The minimum absolute atomic E-state index is 0.0332. The number of aliphatic carboxylic acids is 1. The number of hydrogen-bond acceptors (Lipinski definition) is 3. The first-order chi connectivity index (χ1) is 10.5. The second-order valence-electron chi connectivity index (χ2n) is 4.63. The van der Waals surface area contributed by atoms with Gasteiger partial charge >= 0.3 is 5.97 Å². The van der Waals surface area contributed by atoms with Gasteiger partial charge in [0.25, 0.3) is 5.91 Å². The van der Waals surface area contributed by atoms with E-state index in [-0.39, 0.29) is 25.1 Å². The van der Waals surface area contributed by atoms with E-state index in [2.05, 4.69) is 0 Å². The van der Waals surface area contributed by atoms with E-state index in [1.54, 1.807) is 0 Å². The van der Waals surface area contributed by atoms with E-state index in [4.69, 9.17) is 9.52 Å². The van der Waals surface area contributed by atoms with Crippen molar-refractivity contribution in [2.24, 2.45) is 0 Å². The third-order valence-corrected chi connectivity index (χ3v) is 3.01. The summed E-state index contributed by atoms with van der Waals surface area (Å²) in [7, 11) is 0. The number of halogens is 2. The molecule has 0 radical (unpaired) electrons. The van der Waals surface area contributed by atoms with Gasteiger partial charge < -0.3 is 14.4 Å². The number of nitrogens with zero attached hydrogens (tertiary/aromatic N) is 1. The zero-order chi connectivity index (χ0) is 16.1. The Morgan fingerprint density at radius 2 is 1.95 bits per heavy atom.